The molecule has 0 aromatic heterocycles. The van der Waals surface area contributed by atoms with Gasteiger partial charge in [-0.2, -0.15) is 0 Å². The first-order chi connectivity index (χ1) is 8.17. The molecule has 0 bridgehead atoms. The maximum Gasteiger partial charge on any atom is 0.307 e. The summed E-state index contributed by atoms with van der Waals surface area (Å²) in [5.74, 6) is -0.228. The number of rotatable bonds is 7. The molecule has 4 heteroatoms. The van der Waals surface area contributed by atoms with Crippen molar-refractivity contribution >= 4 is 5.97 Å². The molecule has 0 aliphatic heterocycles. The molecule has 17 heavy (non-hydrogen) atoms. The van der Waals surface area contributed by atoms with Crippen LogP contribution < -0.4 is 10.1 Å². The average molecular weight is 237 g/mol. The number of carboxylic acids is 1. The van der Waals surface area contributed by atoms with Crippen molar-refractivity contribution in [2.24, 2.45) is 5.92 Å². The fourth-order valence-electron chi connectivity index (χ4n) is 1.54. The van der Waals surface area contributed by atoms with Gasteiger partial charge in [-0.25, -0.2) is 0 Å². The molecule has 0 aliphatic rings. The monoisotopic (exact) mass is 237 g/mol. The lowest BCUT2D eigenvalue weighted by atomic mass is 10.1. The van der Waals surface area contributed by atoms with E-state index in [1.807, 2.05) is 31.2 Å². The van der Waals surface area contributed by atoms with E-state index in [0.717, 1.165) is 11.3 Å². The van der Waals surface area contributed by atoms with Crippen LogP contribution >= 0.6 is 0 Å². The van der Waals surface area contributed by atoms with Gasteiger partial charge in [-0.15, -0.1) is 0 Å². The summed E-state index contributed by atoms with van der Waals surface area (Å²) < 4.78 is 5.06. The Kier molecular flexibility index (Phi) is 5.49. The Bertz CT molecular complexity index is 348. The number of carboxylic acid groups (broad SMARTS) is 1. The lowest BCUT2D eigenvalue weighted by molar-refractivity contribution is -0.141. The summed E-state index contributed by atoms with van der Waals surface area (Å²) in [4.78, 5) is 10.8. The topological polar surface area (TPSA) is 58.6 Å². The third-order valence-electron chi connectivity index (χ3n) is 2.72. The fraction of sp³-hybridized carbons (Fsp3) is 0.462. The predicted octanol–water partition coefficient (Wildman–Crippen LogP) is 1.90. The van der Waals surface area contributed by atoms with Crippen molar-refractivity contribution < 1.29 is 14.6 Å². The summed E-state index contributed by atoms with van der Waals surface area (Å²) in [6, 6.07) is 7.72. The molecule has 1 aromatic carbocycles. The van der Waals surface area contributed by atoms with E-state index in [1.54, 1.807) is 7.11 Å². The highest BCUT2D eigenvalue weighted by atomic mass is 16.5. The number of methoxy groups -OCH3 is 1. The van der Waals surface area contributed by atoms with Crippen LogP contribution in [0.25, 0.3) is 0 Å². The minimum Gasteiger partial charge on any atom is -0.497 e. The Hall–Kier alpha value is -1.55. The number of carbonyl (C=O) groups is 1. The van der Waals surface area contributed by atoms with E-state index in [-0.39, 0.29) is 5.92 Å². The molecule has 2 N–H and O–H groups in total. The van der Waals surface area contributed by atoms with Gasteiger partial charge in [0.1, 0.15) is 5.75 Å². The molecule has 0 heterocycles. The van der Waals surface area contributed by atoms with E-state index in [9.17, 15) is 4.79 Å². The summed E-state index contributed by atoms with van der Waals surface area (Å²) in [5, 5.41) is 12.0. The molecule has 4 nitrogen and oxygen atoms in total. The van der Waals surface area contributed by atoms with Crippen LogP contribution in [0.4, 0.5) is 0 Å². The Morgan fingerprint density at radius 3 is 2.53 bits per heavy atom. The minimum absolute atomic E-state index is 0.312. The maximum atomic E-state index is 10.8. The first-order valence-corrected chi connectivity index (χ1v) is 5.73. The summed E-state index contributed by atoms with van der Waals surface area (Å²) >= 11 is 0. The highest BCUT2D eigenvalue weighted by Gasteiger charge is 2.13. The normalized spacial score (nSPS) is 12.1. The van der Waals surface area contributed by atoms with Gasteiger partial charge in [-0.1, -0.05) is 19.1 Å². The van der Waals surface area contributed by atoms with Gasteiger partial charge in [0.25, 0.3) is 0 Å². The number of aliphatic carboxylic acids is 1. The molecule has 0 amide bonds. The number of benzene rings is 1. The van der Waals surface area contributed by atoms with E-state index in [2.05, 4.69) is 5.32 Å². The molecule has 0 spiro atoms. The maximum absolute atomic E-state index is 10.8. The average Bonchev–Trinajstić information content (AvgIpc) is 2.35. The van der Waals surface area contributed by atoms with E-state index >= 15 is 0 Å². The Morgan fingerprint density at radius 2 is 2.06 bits per heavy atom. The molecule has 1 unspecified atom stereocenters. The van der Waals surface area contributed by atoms with Crippen molar-refractivity contribution in [2.75, 3.05) is 13.7 Å². The summed E-state index contributed by atoms with van der Waals surface area (Å²) in [7, 11) is 1.63. The van der Waals surface area contributed by atoms with Gasteiger partial charge in [-0.05, 0) is 24.1 Å². The second-order valence-corrected chi connectivity index (χ2v) is 3.92. The second-order valence-electron chi connectivity index (χ2n) is 3.92. The molecule has 94 valence electrons. The molecular weight excluding hydrogens is 218 g/mol. The Labute approximate surface area is 102 Å². The molecule has 0 saturated heterocycles. The van der Waals surface area contributed by atoms with Crippen molar-refractivity contribution in [1.82, 2.24) is 5.32 Å². The number of nitrogens with one attached hydrogen (secondary N) is 1. The van der Waals surface area contributed by atoms with Crippen molar-refractivity contribution in [3.63, 3.8) is 0 Å². The number of hydrogen-bond donors (Lipinski definition) is 2. The lowest BCUT2D eigenvalue weighted by Gasteiger charge is -2.11. The Balaban J connectivity index is 2.37. The predicted molar refractivity (Wildman–Crippen MR) is 66.1 cm³/mol. The molecule has 0 saturated carbocycles. The molecule has 0 fully saturated rings. The van der Waals surface area contributed by atoms with Crippen molar-refractivity contribution in [2.45, 2.75) is 19.9 Å². The first-order valence-electron chi connectivity index (χ1n) is 5.73. The van der Waals surface area contributed by atoms with Gasteiger partial charge in [0.15, 0.2) is 0 Å². The quantitative estimate of drug-likeness (QED) is 0.760. The van der Waals surface area contributed by atoms with E-state index < -0.39 is 5.97 Å². The molecular formula is C13H19NO3. The van der Waals surface area contributed by atoms with Crippen LogP contribution in [0, 0.1) is 5.92 Å². The molecule has 0 radical (unpaired) electrons. The van der Waals surface area contributed by atoms with Crippen molar-refractivity contribution in [1.29, 1.82) is 0 Å². The van der Waals surface area contributed by atoms with Gasteiger partial charge in [0.05, 0.1) is 13.0 Å². The summed E-state index contributed by atoms with van der Waals surface area (Å²) in [6.07, 6.45) is 0.644. The van der Waals surface area contributed by atoms with Crippen LogP contribution in [0.3, 0.4) is 0 Å². The highest BCUT2D eigenvalue weighted by molar-refractivity contribution is 5.70. The zero-order chi connectivity index (χ0) is 12.7. The SMILES string of the molecule is CCC(CNCc1ccc(OC)cc1)C(=O)O. The third kappa shape index (κ3) is 4.44. The van der Waals surface area contributed by atoms with Gasteiger partial charge in [0.2, 0.25) is 0 Å². The van der Waals surface area contributed by atoms with Crippen LogP contribution in [0.5, 0.6) is 5.75 Å². The van der Waals surface area contributed by atoms with Crippen LogP contribution in [-0.4, -0.2) is 24.7 Å². The first kappa shape index (κ1) is 13.5. The van der Waals surface area contributed by atoms with Crippen molar-refractivity contribution in [3.8, 4) is 5.75 Å². The molecule has 1 rings (SSSR count). The number of ether oxygens (including phenoxy) is 1. The van der Waals surface area contributed by atoms with E-state index in [4.69, 9.17) is 9.84 Å². The van der Waals surface area contributed by atoms with Crippen LogP contribution in [-0.2, 0) is 11.3 Å². The van der Waals surface area contributed by atoms with Gasteiger partial charge in [-0.3, -0.25) is 4.79 Å². The van der Waals surface area contributed by atoms with Crippen LogP contribution in [0.15, 0.2) is 24.3 Å². The van der Waals surface area contributed by atoms with Crippen LogP contribution in [0.1, 0.15) is 18.9 Å². The van der Waals surface area contributed by atoms with E-state index in [0.29, 0.717) is 19.5 Å². The number of hydrogen-bond acceptors (Lipinski definition) is 3. The molecule has 1 atom stereocenters. The zero-order valence-corrected chi connectivity index (χ0v) is 10.3. The van der Waals surface area contributed by atoms with E-state index in [1.165, 1.54) is 0 Å². The highest BCUT2D eigenvalue weighted by Crippen LogP contribution is 2.11. The van der Waals surface area contributed by atoms with Crippen LogP contribution in [0.2, 0.25) is 0 Å². The summed E-state index contributed by atoms with van der Waals surface area (Å²) in [6.45, 7) is 3.06. The van der Waals surface area contributed by atoms with Gasteiger partial charge < -0.3 is 15.2 Å². The third-order valence-corrected chi connectivity index (χ3v) is 2.72. The van der Waals surface area contributed by atoms with Gasteiger partial charge in [0, 0.05) is 13.1 Å². The second kappa shape index (κ2) is 6.91. The Morgan fingerprint density at radius 1 is 1.41 bits per heavy atom. The minimum atomic E-state index is -0.741. The summed E-state index contributed by atoms with van der Waals surface area (Å²) in [5.41, 5.74) is 1.12. The molecule has 0 aliphatic carbocycles. The standard InChI is InChI=1S/C13H19NO3/c1-3-11(13(15)16)9-14-8-10-4-6-12(17-2)7-5-10/h4-7,11,14H,3,8-9H2,1-2H3,(H,15,16). The largest absolute Gasteiger partial charge is 0.497 e. The molecule has 1 aromatic rings. The zero-order valence-electron chi connectivity index (χ0n) is 10.3. The smallest absolute Gasteiger partial charge is 0.307 e. The van der Waals surface area contributed by atoms with Crippen molar-refractivity contribution in [3.05, 3.63) is 29.8 Å². The lowest BCUT2D eigenvalue weighted by Crippen LogP contribution is -2.27. The fourth-order valence-corrected chi connectivity index (χ4v) is 1.54. The van der Waals surface area contributed by atoms with Gasteiger partial charge >= 0.3 is 5.97 Å².